The molecule has 8 nitrogen and oxygen atoms in total. The Hall–Kier alpha value is -3.17. The molecule has 0 saturated carbocycles. The third-order valence-electron chi connectivity index (χ3n) is 4.20. The first-order valence-electron chi connectivity index (χ1n) is 9.57. The molecule has 0 fully saturated rings. The van der Waals surface area contributed by atoms with Crippen LogP contribution in [0.2, 0.25) is 0 Å². The Labute approximate surface area is 188 Å². The fourth-order valence-electron chi connectivity index (χ4n) is 2.59. The van der Waals surface area contributed by atoms with Crippen molar-refractivity contribution in [1.82, 2.24) is 10.5 Å². The van der Waals surface area contributed by atoms with Crippen molar-refractivity contribution in [2.75, 3.05) is 25.6 Å². The van der Waals surface area contributed by atoms with Gasteiger partial charge in [0, 0.05) is 42.1 Å². The minimum absolute atomic E-state index is 0.120. The highest BCUT2D eigenvalue weighted by atomic mass is 79.9. The van der Waals surface area contributed by atoms with Gasteiger partial charge in [-0.25, -0.2) is 0 Å². The average Bonchev–Trinajstić information content (AvgIpc) is 3.26. The molecule has 162 valence electrons. The van der Waals surface area contributed by atoms with E-state index in [0.717, 1.165) is 10.9 Å². The summed E-state index contributed by atoms with van der Waals surface area (Å²) in [5.74, 6) is 0.506. The van der Waals surface area contributed by atoms with Crippen LogP contribution in [-0.2, 0) is 11.3 Å². The smallest absolute Gasteiger partial charge is 0.273 e. The van der Waals surface area contributed by atoms with Crippen LogP contribution in [0.15, 0.2) is 63.6 Å². The molecule has 0 radical (unpaired) electrons. The fourth-order valence-corrected chi connectivity index (χ4v) is 2.85. The van der Waals surface area contributed by atoms with Crippen LogP contribution in [0.5, 0.6) is 5.75 Å². The maximum absolute atomic E-state index is 12.3. The summed E-state index contributed by atoms with van der Waals surface area (Å²) in [4.78, 5) is 24.2. The van der Waals surface area contributed by atoms with Crippen LogP contribution in [0, 0.1) is 0 Å². The number of ether oxygens (including phenoxy) is 2. The average molecular weight is 488 g/mol. The molecule has 3 aromatic rings. The molecule has 1 heterocycles. The van der Waals surface area contributed by atoms with Gasteiger partial charge in [0.25, 0.3) is 11.8 Å². The largest absolute Gasteiger partial charge is 0.486 e. The van der Waals surface area contributed by atoms with Gasteiger partial charge >= 0.3 is 0 Å². The van der Waals surface area contributed by atoms with Crippen molar-refractivity contribution in [1.29, 1.82) is 0 Å². The van der Waals surface area contributed by atoms with Crippen LogP contribution in [0.3, 0.4) is 0 Å². The summed E-state index contributed by atoms with van der Waals surface area (Å²) < 4.78 is 16.6. The van der Waals surface area contributed by atoms with Gasteiger partial charge in [0.2, 0.25) is 0 Å². The summed E-state index contributed by atoms with van der Waals surface area (Å²) >= 11 is 3.34. The van der Waals surface area contributed by atoms with E-state index in [1.807, 2.05) is 12.1 Å². The van der Waals surface area contributed by atoms with Crippen LogP contribution in [-0.4, -0.2) is 37.2 Å². The molecule has 0 aliphatic carbocycles. The number of nitrogens with one attached hydrogen (secondary N) is 2. The number of carbonyl (C=O) groups excluding carboxylic acids is 2. The highest BCUT2D eigenvalue weighted by Gasteiger charge is 2.12. The Morgan fingerprint density at radius 1 is 1.06 bits per heavy atom. The first-order chi connectivity index (χ1) is 15.0. The Balaban J connectivity index is 1.47. The fraction of sp³-hybridized carbons (Fsp3) is 0.227. The second-order valence-electron chi connectivity index (χ2n) is 6.55. The number of carbonyl (C=O) groups is 2. The lowest BCUT2D eigenvalue weighted by Crippen LogP contribution is -2.25. The molecule has 2 N–H and O–H groups in total. The highest BCUT2D eigenvalue weighted by Crippen LogP contribution is 2.19. The Morgan fingerprint density at radius 3 is 2.52 bits per heavy atom. The molecule has 2 amide bonds. The van der Waals surface area contributed by atoms with E-state index in [0.29, 0.717) is 35.9 Å². The number of methoxy groups -OCH3 is 1. The Bertz CT molecular complexity index is 1000. The summed E-state index contributed by atoms with van der Waals surface area (Å²) in [6, 6.07) is 15.6. The molecular formula is C22H22BrN3O5. The number of nitrogens with zero attached hydrogens (tertiary/aromatic N) is 1. The maximum Gasteiger partial charge on any atom is 0.273 e. The lowest BCUT2D eigenvalue weighted by atomic mass is 10.2. The van der Waals surface area contributed by atoms with E-state index in [9.17, 15) is 9.59 Å². The number of rotatable bonds is 10. The van der Waals surface area contributed by atoms with Gasteiger partial charge in [-0.2, -0.15) is 0 Å². The van der Waals surface area contributed by atoms with E-state index in [4.69, 9.17) is 14.0 Å². The number of benzene rings is 2. The molecule has 2 aromatic carbocycles. The van der Waals surface area contributed by atoms with Crippen molar-refractivity contribution in [2.45, 2.75) is 13.0 Å². The van der Waals surface area contributed by atoms with Crippen LogP contribution in [0.1, 0.15) is 33.0 Å². The molecule has 0 aliphatic rings. The van der Waals surface area contributed by atoms with E-state index >= 15 is 0 Å². The summed E-state index contributed by atoms with van der Waals surface area (Å²) in [6.45, 7) is 1.19. The maximum atomic E-state index is 12.3. The summed E-state index contributed by atoms with van der Waals surface area (Å²) in [5.41, 5.74) is 1.40. The molecule has 3 rings (SSSR count). The zero-order chi connectivity index (χ0) is 22.1. The van der Waals surface area contributed by atoms with Gasteiger partial charge in [0.05, 0.1) is 0 Å². The lowest BCUT2D eigenvalue weighted by molar-refractivity contribution is 0.0938. The molecule has 0 unspecified atom stereocenters. The molecule has 0 spiro atoms. The molecule has 0 aliphatic heterocycles. The van der Waals surface area contributed by atoms with E-state index in [2.05, 4.69) is 31.7 Å². The predicted octanol–water partition coefficient (Wildman–Crippen LogP) is 4.03. The highest BCUT2D eigenvalue weighted by molar-refractivity contribution is 9.10. The van der Waals surface area contributed by atoms with Gasteiger partial charge in [-0.05, 0) is 55.0 Å². The van der Waals surface area contributed by atoms with Crippen molar-refractivity contribution in [2.24, 2.45) is 0 Å². The molecule has 31 heavy (non-hydrogen) atoms. The summed E-state index contributed by atoms with van der Waals surface area (Å²) in [6.07, 6.45) is 0.718. The van der Waals surface area contributed by atoms with Crippen molar-refractivity contribution in [3.8, 4) is 5.75 Å². The van der Waals surface area contributed by atoms with Crippen molar-refractivity contribution in [3.63, 3.8) is 0 Å². The summed E-state index contributed by atoms with van der Waals surface area (Å²) in [7, 11) is 1.61. The van der Waals surface area contributed by atoms with Crippen molar-refractivity contribution >= 4 is 33.4 Å². The zero-order valence-electron chi connectivity index (χ0n) is 16.9. The number of hydrogen-bond acceptors (Lipinski definition) is 6. The van der Waals surface area contributed by atoms with Gasteiger partial charge in [0.15, 0.2) is 11.5 Å². The number of anilines is 1. The summed E-state index contributed by atoms with van der Waals surface area (Å²) in [5, 5.41) is 9.33. The first-order valence-corrected chi connectivity index (χ1v) is 10.4. The lowest BCUT2D eigenvalue weighted by Gasteiger charge is -2.07. The van der Waals surface area contributed by atoms with Gasteiger partial charge in [0.1, 0.15) is 12.4 Å². The predicted molar refractivity (Wildman–Crippen MR) is 118 cm³/mol. The third-order valence-corrected chi connectivity index (χ3v) is 4.73. The quantitative estimate of drug-likeness (QED) is 0.418. The van der Waals surface area contributed by atoms with Gasteiger partial charge in [-0.15, -0.1) is 0 Å². The number of aromatic nitrogens is 1. The molecule has 0 bridgehead atoms. The molecular weight excluding hydrogens is 466 g/mol. The van der Waals surface area contributed by atoms with Gasteiger partial charge < -0.3 is 24.6 Å². The first kappa shape index (κ1) is 22.5. The van der Waals surface area contributed by atoms with E-state index < -0.39 is 0 Å². The van der Waals surface area contributed by atoms with Crippen LogP contribution >= 0.6 is 15.9 Å². The number of hydrogen-bond donors (Lipinski definition) is 2. The Kier molecular flexibility index (Phi) is 8.19. The number of amides is 2. The Morgan fingerprint density at radius 2 is 1.81 bits per heavy atom. The normalized spacial score (nSPS) is 10.5. The van der Waals surface area contributed by atoms with E-state index in [-0.39, 0.29) is 24.1 Å². The van der Waals surface area contributed by atoms with Crippen molar-refractivity contribution < 1.29 is 23.6 Å². The molecule has 0 saturated heterocycles. The van der Waals surface area contributed by atoms with Crippen molar-refractivity contribution in [3.05, 3.63) is 76.1 Å². The van der Waals surface area contributed by atoms with E-state index in [1.54, 1.807) is 49.6 Å². The number of halogens is 1. The molecule has 9 heteroatoms. The standard InChI is InChI=1S/C22H22BrN3O5/c1-29-12-2-11-24-22(28)20-13-19(31-26-20)14-30-18-9-7-17(8-10-18)25-21(27)15-3-5-16(23)6-4-15/h3-10,13H,2,11-12,14H2,1H3,(H,24,28)(H,25,27). The molecule has 0 atom stereocenters. The minimum Gasteiger partial charge on any atom is -0.486 e. The molecule has 1 aromatic heterocycles. The third kappa shape index (κ3) is 6.94. The van der Waals surface area contributed by atoms with E-state index in [1.165, 1.54) is 0 Å². The second-order valence-corrected chi connectivity index (χ2v) is 7.47. The van der Waals surface area contributed by atoms with Gasteiger partial charge in [-0.3, -0.25) is 9.59 Å². The van der Waals surface area contributed by atoms with Crippen LogP contribution in [0.25, 0.3) is 0 Å². The zero-order valence-corrected chi connectivity index (χ0v) is 18.5. The monoisotopic (exact) mass is 487 g/mol. The van der Waals surface area contributed by atoms with Crippen LogP contribution < -0.4 is 15.4 Å². The topological polar surface area (TPSA) is 103 Å². The van der Waals surface area contributed by atoms with Gasteiger partial charge in [-0.1, -0.05) is 21.1 Å². The SMILES string of the molecule is COCCCNC(=O)c1cc(COc2ccc(NC(=O)c3ccc(Br)cc3)cc2)on1. The van der Waals surface area contributed by atoms with Crippen LogP contribution in [0.4, 0.5) is 5.69 Å². The second kappa shape index (κ2) is 11.3. The minimum atomic E-state index is -0.308.